The Labute approximate surface area is 109 Å². The number of imidazole rings is 1. The van der Waals surface area contributed by atoms with Gasteiger partial charge in [-0.25, -0.2) is 4.98 Å². The van der Waals surface area contributed by atoms with Crippen LogP contribution in [0.15, 0.2) is 48.1 Å². The number of hydrazine groups is 1. The lowest BCUT2D eigenvalue weighted by Crippen LogP contribution is -2.30. The zero-order valence-electron chi connectivity index (χ0n) is 9.78. The van der Waals surface area contributed by atoms with Crippen LogP contribution in [0.2, 0.25) is 0 Å². The lowest BCUT2D eigenvalue weighted by molar-refractivity contribution is 0.488. The molecule has 2 heterocycles. The van der Waals surface area contributed by atoms with Crippen LogP contribution in [0.4, 0.5) is 0 Å². The molecule has 0 aliphatic carbocycles. The molecule has 0 bridgehead atoms. The summed E-state index contributed by atoms with van der Waals surface area (Å²) in [5.74, 6) is 5.65. The average molecular weight is 258 g/mol. The van der Waals surface area contributed by atoms with Crippen molar-refractivity contribution in [3.05, 3.63) is 53.0 Å². The Balaban J connectivity index is 1.91. The van der Waals surface area contributed by atoms with Gasteiger partial charge < -0.3 is 4.57 Å². The van der Waals surface area contributed by atoms with Crippen LogP contribution in [0, 0.1) is 0 Å². The highest BCUT2D eigenvalue weighted by molar-refractivity contribution is 7.10. The van der Waals surface area contributed by atoms with E-state index in [0.717, 1.165) is 17.6 Å². The Hall–Kier alpha value is -1.69. The third-order valence-electron chi connectivity index (χ3n) is 2.99. The van der Waals surface area contributed by atoms with Gasteiger partial charge in [-0.15, -0.1) is 11.3 Å². The molecule has 3 aromatic rings. The Bertz CT molecular complexity index is 629. The van der Waals surface area contributed by atoms with Gasteiger partial charge >= 0.3 is 0 Å². The van der Waals surface area contributed by atoms with E-state index in [0.29, 0.717) is 0 Å². The Kier molecular flexibility index (Phi) is 3.10. The molecule has 2 aromatic heterocycles. The number of benzene rings is 1. The molecular weight excluding hydrogens is 244 g/mol. The van der Waals surface area contributed by atoms with E-state index in [1.807, 2.05) is 30.6 Å². The summed E-state index contributed by atoms with van der Waals surface area (Å²) in [4.78, 5) is 5.62. The summed E-state index contributed by atoms with van der Waals surface area (Å²) < 4.78 is 2.12. The molecule has 18 heavy (non-hydrogen) atoms. The highest BCUT2D eigenvalue weighted by Gasteiger charge is 2.12. The van der Waals surface area contributed by atoms with E-state index in [9.17, 15) is 0 Å². The second-order valence-electron chi connectivity index (χ2n) is 4.12. The second-order valence-corrected chi connectivity index (χ2v) is 5.10. The predicted octanol–water partition coefficient (Wildman–Crippen LogP) is 2.30. The summed E-state index contributed by atoms with van der Waals surface area (Å²) in [6.07, 6.45) is 1.86. The molecule has 1 unspecified atom stereocenters. The molecule has 0 saturated carbocycles. The summed E-state index contributed by atoms with van der Waals surface area (Å²) >= 11 is 1.71. The molecule has 0 amide bonds. The summed E-state index contributed by atoms with van der Waals surface area (Å²) in [6, 6.07) is 12.4. The lowest BCUT2D eigenvalue weighted by Gasteiger charge is -2.15. The van der Waals surface area contributed by atoms with E-state index in [1.54, 1.807) is 11.3 Å². The molecule has 5 heteroatoms. The number of hydrogen-bond donors (Lipinski definition) is 2. The highest BCUT2D eigenvalue weighted by Crippen LogP contribution is 2.22. The third-order valence-corrected chi connectivity index (χ3v) is 3.98. The molecule has 0 radical (unpaired) electrons. The van der Waals surface area contributed by atoms with Crippen molar-refractivity contribution in [2.45, 2.75) is 12.6 Å². The number of rotatable bonds is 4. The molecule has 3 N–H and O–H groups in total. The molecule has 0 aliphatic rings. The second kappa shape index (κ2) is 4.89. The third kappa shape index (κ3) is 2.03. The average Bonchev–Trinajstić information content (AvgIpc) is 3.06. The van der Waals surface area contributed by atoms with E-state index >= 15 is 0 Å². The number of para-hydroxylation sites is 2. The van der Waals surface area contributed by atoms with Crippen LogP contribution in [0.1, 0.15) is 10.9 Å². The van der Waals surface area contributed by atoms with Crippen molar-refractivity contribution in [2.24, 2.45) is 5.84 Å². The molecule has 92 valence electrons. The predicted molar refractivity (Wildman–Crippen MR) is 74.1 cm³/mol. The number of thiophene rings is 1. The van der Waals surface area contributed by atoms with Gasteiger partial charge in [-0.1, -0.05) is 18.2 Å². The number of hydrogen-bond acceptors (Lipinski definition) is 4. The van der Waals surface area contributed by atoms with Gasteiger partial charge in [0.15, 0.2) is 0 Å². The van der Waals surface area contributed by atoms with E-state index in [1.165, 1.54) is 4.88 Å². The van der Waals surface area contributed by atoms with Crippen LogP contribution >= 0.6 is 11.3 Å². The number of aromatic nitrogens is 2. The number of nitrogens with zero attached hydrogens (tertiary/aromatic N) is 2. The van der Waals surface area contributed by atoms with Crippen molar-refractivity contribution in [1.82, 2.24) is 15.0 Å². The van der Waals surface area contributed by atoms with Crippen LogP contribution in [0.3, 0.4) is 0 Å². The maximum Gasteiger partial charge on any atom is 0.0958 e. The number of nitrogens with two attached hydrogens (primary N) is 1. The van der Waals surface area contributed by atoms with Gasteiger partial charge in [0.2, 0.25) is 0 Å². The normalized spacial score (nSPS) is 12.9. The first kappa shape index (κ1) is 11.4. The highest BCUT2D eigenvalue weighted by atomic mass is 32.1. The zero-order valence-corrected chi connectivity index (χ0v) is 10.6. The quantitative estimate of drug-likeness (QED) is 0.557. The van der Waals surface area contributed by atoms with Gasteiger partial charge in [0.1, 0.15) is 0 Å². The minimum absolute atomic E-state index is 0.114. The van der Waals surface area contributed by atoms with Gasteiger partial charge in [0.25, 0.3) is 0 Å². The summed E-state index contributed by atoms with van der Waals surface area (Å²) in [5.41, 5.74) is 5.02. The lowest BCUT2D eigenvalue weighted by atomic mass is 10.2. The molecular formula is C13H14N4S. The Morgan fingerprint density at radius 3 is 2.94 bits per heavy atom. The van der Waals surface area contributed by atoms with Gasteiger partial charge in [0, 0.05) is 11.4 Å². The minimum atomic E-state index is 0.114. The largest absolute Gasteiger partial charge is 0.329 e. The fourth-order valence-corrected chi connectivity index (χ4v) is 2.85. The van der Waals surface area contributed by atoms with Crippen LogP contribution in [0.5, 0.6) is 0 Å². The van der Waals surface area contributed by atoms with Gasteiger partial charge in [0.05, 0.1) is 23.4 Å². The van der Waals surface area contributed by atoms with Crippen molar-refractivity contribution < 1.29 is 0 Å². The molecule has 3 rings (SSSR count). The first-order chi connectivity index (χ1) is 8.88. The van der Waals surface area contributed by atoms with Crippen LogP contribution in [-0.4, -0.2) is 9.55 Å². The first-order valence-electron chi connectivity index (χ1n) is 5.78. The van der Waals surface area contributed by atoms with Crippen molar-refractivity contribution in [3.8, 4) is 0 Å². The fourth-order valence-electron chi connectivity index (χ4n) is 2.07. The van der Waals surface area contributed by atoms with Gasteiger partial charge in [-0.2, -0.15) is 0 Å². The van der Waals surface area contributed by atoms with E-state index in [-0.39, 0.29) is 6.04 Å². The van der Waals surface area contributed by atoms with E-state index < -0.39 is 0 Å². The Morgan fingerprint density at radius 1 is 1.28 bits per heavy atom. The maximum absolute atomic E-state index is 5.65. The van der Waals surface area contributed by atoms with Crippen LogP contribution in [0.25, 0.3) is 11.0 Å². The molecule has 0 saturated heterocycles. The number of nitrogens with one attached hydrogen (secondary N) is 1. The van der Waals surface area contributed by atoms with Crippen molar-refractivity contribution in [1.29, 1.82) is 0 Å². The van der Waals surface area contributed by atoms with Crippen molar-refractivity contribution in [2.75, 3.05) is 0 Å². The van der Waals surface area contributed by atoms with Crippen molar-refractivity contribution in [3.63, 3.8) is 0 Å². The summed E-state index contributed by atoms with van der Waals surface area (Å²) in [6.45, 7) is 0.775. The topological polar surface area (TPSA) is 55.9 Å². The van der Waals surface area contributed by atoms with E-state index in [2.05, 4.69) is 32.5 Å². The van der Waals surface area contributed by atoms with Gasteiger partial charge in [-0.3, -0.25) is 11.3 Å². The molecule has 0 spiro atoms. The first-order valence-corrected chi connectivity index (χ1v) is 6.66. The van der Waals surface area contributed by atoms with Gasteiger partial charge in [-0.05, 0) is 23.6 Å². The Morgan fingerprint density at radius 2 is 2.17 bits per heavy atom. The standard InChI is InChI=1S/C13H14N4S/c14-16-11(13-6-3-7-18-13)8-17-9-15-10-4-1-2-5-12(10)17/h1-7,9,11,16H,8,14H2. The van der Waals surface area contributed by atoms with Crippen LogP contribution in [-0.2, 0) is 6.54 Å². The van der Waals surface area contributed by atoms with E-state index in [4.69, 9.17) is 5.84 Å². The van der Waals surface area contributed by atoms with Crippen molar-refractivity contribution >= 4 is 22.4 Å². The molecule has 1 atom stereocenters. The monoisotopic (exact) mass is 258 g/mol. The molecule has 0 aliphatic heterocycles. The molecule has 0 fully saturated rings. The summed E-state index contributed by atoms with van der Waals surface area (Å²) in [7, 11) is 0. The SMILES string of the molecule is NNC(Cn1cnc2ccccc21)c1cccs1. The fraction of sp³-hybridized carbons (Fsp3) is 0.154. The smallest absolute Gasteiger partial charge is 0.0958 e. The zero-order chi connectivity index (χ0) is 12.4. The minimum Gasteiger partial charge on any atom is -0.329 e. The molecule has 4 nitrogen and oxygen atoms in total. The maximum atomic E-state index is 5.65. The summed E-state index contributed by atoms with van der Waals surface area (Å²) in [5, 5.41) is 2.06. The number of fused-ring (bicyclic) bond motifs is 1. The molecule has 1 aromatic carbocycles. The van der Waals surface area contributed by atoms with Crippen LogP contribution < -0.4 is 11.3 Å².